The number of halogens is 2. The normalized spacial score (nSPS) is 10.6. The Morgan fingerprint density at radius 1 is 1.10 bits per heavy atom. The third-order valence-corrected chi connectivity index (χ3v) is 3.59. The first-order valence-corrected chi connectivity index (χ1v) is 7.19. The van der Waals surface area contributed by atoms with Crippen molar-refractivity contribution in [2.75, 3.05) is 0 Å². The molecular weight excluding hydrogens is 335 g/mol. The lowest BCUT2D eigenvalue weighted by atomic mass is 10.3. The molecule has 106 valence electrons. The zero-order valence-corrected chi connectivity index (χ0v) is 12.6. The summed E-state index contributed by atoms with van der Waals surface area (Å²) >= 11 is 3.11. The molecule has 3 aromatic rings. The molecule has 1 heterocycles. The number of rotatable bonds is 4. The average molecular weight is 347 g/mol. The molecule has 0 radical (unpaired) electrons. The van der Waals surface area contributed by atoms with E-state index >= 15 is 0 Å². The fourth-order valence-electron chi connectivity index (χ4n) is 1.89. The smallest absolute Gasteiger partial charge is 0.141 e. The first-order chi connectivity index (χ1) is 10.2. The predicted molar refractivity (Wildman–Crippen MR) is 82.0 cm³/mol. The van der Waals surface area contributed by atoms with Crippen LogP contribution in [0, 0.1) is 5.82 Å². The van der Waals surface area contributed by atoms with Crippen molar-refractivity contribution in [2.24, 2.45) is 0 Å². The maximum Gasteiger partial charge on any atom is 0.141 e. The van der Waals surface area contributed by atoms with Crippen molar-refractivity contribution in [2.45, 2.75) is 6.61 Å². The van der Waals surface area contributed by atoms with Crippen LogP contribution < -0.4 is 4.74 Å². The summed E-state index contributed by atoms with van der Waals surface area (Å²) in [7, 11) is 0. The Kier molecular flexibility index (Phi) is 4.01. The number of para-hydroxylation sites is 1. The summed E-state index contributed by atoms with van der Waals surface area (Å²) in [6, 6.07) is 16.4. The van der Waals surface area contributed by atoms with E-state index in [0.29, 0.717) is 16.8 Å². The third kappa shape index (κ3) is 3.31. The highest BCUT2D eigenvalue weighted by Gasteiger charge is 2.04. The maximum atomic E-state index is 13.4. The molecule has 0 spiro atoms. The van der Waals surface area contributed by atoms with Crippen molar-refractivity contribution in [3.8, 4) is 11.4 Å². The number of benzene rings is 2. The van der Waals surface area contributed by atoms with Crippen LogP contribution in [-0.4, -0.2) is 9.78 Å². The summed E-state index contributed by atoms with van der Waals surface area (Å²) in [5.41, 5.74) is 1.76. The van der Waals surface area contributed by atoms with Gasteiger partial charge in [0.2, 0.25) is 0 Å². The van der Waals surface area contributed by atoms with Gasteiger partial charge in [0.25, 0.3) is 0 Å². The molecule has 0 aliphatic heterocycles. The van der Waals surface area contributed by atoms with Gasteiger partial charge in [0.1, 0.15) is 23.9 Å². The molecule has 0 saturated carbocycles. The average Bonchev–Trinajstić information content (AvgIpc) is 2.98. The van der Waals surface area contributed by atoms with Crippen LogP contribution in [0.4, 0.5) is 4.39 Å². The monoisotopic (exact) mass is 346 g/mol. The molecule has 5 heteroatoms. The second-order valence-electron chi connectivity index (χ2n) is 4.45. The van der Waals surface area contributed by atoms with E-state index in [1.54, 1.807) is 16.8 Å². The van der Waals surface area contributed by atoms with E-state index in [2.05, 4.69) is 21.0 Å². The van der Waals surface area contributed by atoms with Crippen LogP contribution in [0.25, 0.3) is 5.69 Å². The molecule has 3 rings (SSSR count). The van der Waals surface area contributed by atoms with E-state index in [-0.39, 0.29) is 5.82 Å². The Bertz CT molecular complexity index is 743. The summed E-state index contributed by atoms with van der Waals surface area (Å²) in [5, 5.41) is 4.42. The van der Waals surface area contributed by atoms with Crippen LogP contribution in [-0.2, 0) is 6.61 Å². The number of hydrogen-bond donors (Lipinski definition) is 0. The number of aromatic nitrogens is 2. The molecule has 0 fully saturated rings. The molecule has 0 aliphatic rings. The van der Waals surface area contributed by atoms with Crippen molar-refractivity contribution in [1.29, 1.82) is 0 Å². The highest BCUT2D eigenvalue weighted by Crippen LogP contribution is 2.21. The van der Waals surface area contributed by atoms with Crippen molar-refractivity contribution in [1.82, 2.24) is 9.78 Å². The van der Waals surface area contributed by atoms with Crippen LogP contribution in [0.1, 0.15) is 5.69 Å². The summed E-state index contributed by atoms with van der Waals surface area (Å²) in [6.45, 7) is 0.293. The van der Waals surface area contributed by atoms with Crippen LogP contribution in [0.15, 0.2) is 65.3 Å². The van der Waals surface area contributed by atoms with E-state index in [4.69, 9.17) is 4.74 Å². The number of ether oxygens (including phenoxy) is 1. The highest BCUT2D eigenvalue weighted by atomic mass is 79.9. The van der Waals surface area contributed by atoms with Gasteiger partial charge in [-0.1, -0.05) is 18.2 Å². The third-order valence-electron chi connectivity index (χ3n) is 2.94. The van der Waals surface area contributed by atoms with Crippen LogP contribution >= 0.6 is 15.9 Å². The zero-order valence-electron chi connectivity index (χ0n) is 11.0. The molecular formula is C16H12BrFN2O. The van der Waals surface area contributed by atoms with Gasteiger partial charge in [-0.25, -0.2) is 9.07 Å². The molecule has 0 saturated heterocycles. The van der Waals surface area contributed by atoms with Crippen molar-refractivity contribution >= 4 is 15.9 Å². The Hall–Kier alpha value is -2.14. The standard InChI is InChI=1S/C16H12BrFN2O/c17-15-7-6-14(10-16(15)18)21-11-12-8-9-20(19-12)13-4-2-1-3-5-13/h1-10H,11H2. The van der Waals surface area contributed by atoms with Gasteiger partial charge in [0, 0.05) is 12.3 Å². The van der Waals surface area contributed by atoms with E-state index in [0.717, 1.165) is 11.4 Å². The molecule has 0 aliphatic carbocycles. The molecule has 0 unspecified atom stereocenters. The second-order valence-corrected chi connectivity index (χ2v) is 5.31. The highest BCUT2D eigenvalue weighted by molar-refractivity contribution is 9.10. The molecule has 1 aromatic heterocycles. The summed E-state index contributed by atoms with van der Waals surface area (Å²) in [6.07, 6.45) is 1.87. The Balaban J connectivity index is 1.69. The van der Waals surface area contributed by atoms with Crippen LogP contribution in [0.3, 0.4) is 0 Å². The maximum absolute atomic E-state index is 13.4. The Labute approximate surface area is 130 Å². The molecule has 2 aromatic carbocycles. The van der Waals surface area contributed by atoms with Crippen LogP contribution in [0.2, 0.25) is 0 Å². The Morgan fingerprint density at radius 3 is 2.67 bits per heavy atom. The molecule has 0 N–H and O–H groups in total. The lowest BCUT2D eigenvalue weighted by molar-refractivity contribution is 0.299. The van der Waals surface area contributed by atoms with Gasteiger partial charge in [-0.2, -0.15) is 5.10 Å². The molecule has 0 amide bonds. The molecule has 21 heavy (non-hydrogen) atoms. The SMILES string of the molecule is Fc1cc(OCc2ccn(-c3ccccc3)n2)ccc1Br. The van der Waals surface area contributed by atoms with Crippen molar-refractivity contribution in [3.05, 3.63) is 76.8 Å². The van der Waals surface area contributed by atoms with Crippen molar-refractivity contribution < 1.29 is 9.13 Å². The van der Waals surface area contributed by atoms with E-state index in [1.807, 2.05) is 42.6 Å². The van der Waals surface area contributed by atoms with Gasteiger partial charge >= 0.3 is 0 Å². The minimum Gasteiger partial charge on any atom is -0.487 e. The second kappa shape index (κ2) is 6.10. The van der Waals surface area contributed by atoms with E-state index < -0.39 is 0 Å². The van der Waals surface area contributed by atoms with Gasteiger partial charge < -0.3 is 4.74 Å². The van der Waals surface area contributed by atoms with Gasteiger partial charge in [0.05, 0.1) is 10.2 Å². The first kappa shape index (κ1) is 13.8. The largest absolute Gasteiger partial charge is 0.487 e. The van der Waals surface area contributed by atoms with E-state index in [1.165, 1.54) is 6.07 Å². The quantitative estimate of drug-likeness (QED) is 0.702. The van der Waals surface area contributed by atoms with E-state index in [9.17, 15) is 4.39 Å². The predicted octanol–water partition coefficient (Wildman–Crippen LogP) is 4.35. The first-order valence-electron chi connectivity index (χ1n) is 6.40. The fraction of sp³-hybridized carbons (Fsp3) is 0.0625. The van der Waals surface area contributed by atoms with Gasteiger partial charge in [-0.15, -0.1) is 0 Å². The topological polar surface area (TPSA) is 27.1 Å². The van der Waals surface area contributed by atoms with Gasteiger partial charge in [-0.3, -0.25) is 0 Å². The van der Waals surface area contributed by atoms with Crippen molar-refractivity contribution in [3.63, 3.8) is 0 Å². The molecule has 0 atom stereocenters. The van der Waals surface area contributed by atoms with Gasteiger partial charge in [-0.05, 0) is 46.3 Å². The minimum atomic E-state index is -0.345. The molecule has 0 bridgehead atoms. The van der Waals surface area contributed by atoms with Gasteiger partial charge in [0.15, 0.2) is 0 Å². The number of nitrogens with zero attached hydrogens (tertiary/aromatic N) is 2. The zero-order chi connectivity index (χ0) is 14.7. The van der Waals surface area contributed by atoms with Crippen LogP contribution in [0.5, 0.6) is 5.75 Å². The summed E-state index contributed by atoms with van der Waals surface area (Å²) < 4.78 is 21.1. The lowest BCUT2D eigenvalue weighted by Gasteiger charge is -2.05. The Morgan fingerprint density at radius 2 is 1.90 bits per heavy atom. The lowest BCUT2D eigenvalue weighted by Crippen LogP contribution is -1.99. The summed E-state index contributed by atoms with van der Waals surface area (Å²) in [4.78, 5) is 0. The molecule has 3 nitrogen and oxygen atoms in total. The number of hydrogen-bond acceptors (Lipinski definition) is 2. The fourth-order valence-corrected chi connectivity index (χ4v) is 2.13. The minimum absolute atomic E-state index is 0.293. The summed E-state index contributed by atoms with van der Waals surface area (Å²) in [5.74, 6) is 0.132.